The number of nitrogens with one attached hydrogen (secondary N) is 1. The van der Waals surface area contributed by atoms with Crippen LogP contribution in [0.5, 0.6) is 5.75 Å². The Morgan fingerprint density at radius 2 is 2.18 bits per heavy atom. The molecule has 0 aliphatic carbocycles. The first-order chi connectivity index (χ1) is 8.12. The average Bonchev–Trinajstić information content (AvgIpc) is 2.70. The fourth-order valence-electron chi connectivity index (χ4n) is 1.78. The first kappa shape index (κ1) is 12.7. The Hall–Kier alpha value is -0.780. The Balaban J connectivity index is 2.07. The van der Waals surface area contributed by atoms with Crippen molar-refractivity contribution in [2.75, 3.05) is 18.2 Å². The van der Waals surface area contributed by atoms with Crippen molar-refractivity contribution in [3.05, 3.63) is 29.8 Å². The van der Waals surface area contributed by atoms with Gasteiger partial charge in [0.1, 0.15) is 12.4 Å². The number of benzene rings is 1. The zero-order chi connectivity index (χ0) is 12.3. The van der Waals surface area contributed by atoms with Crippen LogP contribution in [0.25, 0.3) is 0 Å². The summed E-state index contributed by atoms with van der Waals surface area (Å²) in [5.41, 5.74) is 0.891. The van der Waals surface area contributed by atoms with Crippen molar-refractivity contribution in [2.45, 2.75) is 12.5 Å². The monoisotopic (exact) mass is 275 g/mol. The predicted octanol–water partition coefficient (Wildman–Crippen LogP) is 1.67. The summed E-state index contributed by atoms with van der Waals surface area (Å²) < 4.78 is 31.5. The highest BCUT2D eigenvalue weighted by atomic mass is 35.5. The van der Waals surface area contributed by atoms with Gasteiger partial charge in [0, 0.05) is 11.4 Å². The van der Waals surface area contributed by atoms with Crippen LogP contribution in [0.3, 0.4) is 0 Å². The van der Waals surface area contributed by atoms with E-state index in [1.807, 2.05) is 24.3 Å². The second-order valence-corrected chi connectivity index (χ2v) is 6.13. The number of sulfonamides is 1. The molecule has 0 fully saturated rings. The number of fused-ring (bicyclic) bond motifs is 1. The lowest BCUT2D eigenvalue weighted by molar-refractivity contribution is 0.325. The molecule has 0 saturated carbocycles. The van der Waals surface area contributed by atoms with Crippen LogP contribution in [0.4, 0.5) is 0 Å². The van der Waals surface area contributed by atoms with Crippen LogP contribution >= 0.6 is 11.6 Å². The van der Waals surface area contributed by atoms with Crippen LogP contribution in [0.15, 0.2) is 24.3 Å². The summed E-state index contributed by atoms with van der Waals surface area (Å²) >= 11 is 5.49. The quantitative estimate of drug-likeness (QED) is 0.832. The second-order valence-electron chi connectivity index (χ2n) is 3.88. The lowest BCUT2D eigenvalue weighted by atomic mass is 10.1. The summed E-state index contributed by atoms with van der Waals surface area (Å²) in [7, 11) is -3.28. The molecule has 1 aromatic carbocycles. The van der Waals surface area contributed by atoms with Crippen molar-refractivity contribution >= 4 is 21.6 Å². The first-order valence-corrected chi connectivity index (χ1v) is 7.59. The molecule has 1 aliphatic heterocycles. The maximum Gasteiger partial charge on any atom is 0.212 e. The SMILES string of the molecule is O=S(=O)(CCCCl)NC1COc2ccccc21. The summed E-state index contributed by atoms with van der Waals surface area (Å²) in [6.45, 7) is 0.347. The molecule has 4 nitrogen and oxygen atoms in total. The molecule has 1 heterocycles. The molecule has 17 heavy (non-hydrogen) atoms. The topological polar surface area (TPSA) is 55.4 Å². The van der Waals surface area contributed by atoms with Crippen molar-refractivity contribution in [1.29, 1.82) is 0 Å². The highest BCUT2D eigenvalue weighted by Crippen LogP contribution is 2.32. The van der Waals surface area contributed by atoms with Crippen molar-refractivity contribution in [2.24, 2.45) is 0 Å². The van der Waals surface area contributed by atoms with E-state index in [-0.39, 0.29) is 11.8 Å². The molecule has 94 valence electrons. The Morgan fingerprint density at radius 3 is 2.94 bits per heavy atom. The van der Waals surface area contributed by atoms with Crippen LogP contribution in [0.2, 0.25) is 0 Å². The molecule has 1 N–H and O–H groups in total. The standard InChI is InChI=1S/C11H14ClNO3S/c12-6-3-7-17(14,15)13-10-8-16-11-5-2-1-4-9(10)11/h1-2,4-5,10,13H,3,6-8H2. The van der Waals surface area contributed by atoms with E-state index in [0.717, 1.165) is 11.3 Å². The third-order valence-electron chi connectivity index (χ3n) is 2.57. The lowest BCUT2D eigenvalue weighted by Gasteiger charge is -2.11. The molecular weight excluding hydrogens is 262 g/mol. The Kier molecular flexibility index (Phi) is 3.91. The largest absolute Gasteiger partial charge is 0.491 e. The minimum absolute atomic E-state index is 0.0508. The third-order valence-corrected chi connectivity index (χ3v) is 4.31. The minimum Gasteiger partial charge on any atom is -0.491 e. The number of alkyl halides is 1. The highest BCUT2D eigenvalue weighted by Gasteiger charge is 2.27. The van der Waals surface area contributed by atoms with E-state index in [0.29, 0.717) is 18.9 Å². The fourth-order valence-corrected chi connectivity index (χ4v) is 3.34. The van der Waals surface area contributed by atoms with Gasteiger partial charge in [0.2, 0.25) is 10.0 Å². The molecule has 0 spiro atoms. The van der Waals surface area contributed by atoms with Crippen LogP contribution < -0.4 is 9.46 Å². The van der Waals surface area contributed by atoms with Crippen molar-refractivity contribution < 1.29 is 13.2 Å². The molecule has 1 atom stereocenters. The maximum absolute atomic E-state index is 11.7. The molecular formula is C11H14ClNO3S. The van der Waals surface area contributed by atoms with E-state index in [2.05, 4.69) is 4.72 Å². The van der Waals surface area contributed by atoms with Gasteiger partial charge in [-0.15, -0.1) is 11.6 Å². The van der Waals surface area contributed by atoms with Gasteiger partial charge >= 0.3 is 0 Å². The molecule has 0 radical (unpaired) electrons. The van der Waals surface area contributed by atoms with E-state index in [1.165, 1.54) is 0 Å². The van der Waals surface area contributed by atoms with Crippen molar-refractivity contribution in [3.63, 3.8) is 0 Å². The van der Waals surface area contributed by atoms with Crippen molar-refractivity contribution in [3.8, 4) is 5.75 Å². The molecule has 0 saturated heterocycles. The Morgan fingerprint density at radius 1 is 1.41 bits per heavy atom. The lowest BCUT2D eigenvalue weighted by Crippen LogP contribution is -2.31. The van der Waals surface area contributed by atoms with E-state index < -0.39 is 10.0 Å². The molecule has 2 rings (SSSR count). The number of ether oxygens (including phenoxy) is 1. The molecule has 6 heteroatoms. The highest BCUT2D eigenvalue weighted by molar-refractivity contribution is 7.89. The first-order valence-electron chi connectivity index (χ1n) is 5.40. The van der Waals surface area contributed by atoms with E-state index in [1.54, 1.807) is 0 Å². The normalized spacial score (nSPS) is 18.8. The van der Waals surface area contributed by atoms with Gasteiger partial charge in [0.15, 0.2) is 0 Å². The van der Waals surface area contributed by atoms with Crippen LogP contribution in [0.1, 0.15) is 18.0 Å². The summed E-state index contributed by atoms with van der Waals surface area (Å²) in [5, 5.41) is 0. The van der Waals surface area contributed by atoms with E-state index >= 15 is 0 Å². The molecule has 0 aromatic heterocycles. The zero-order valence-electron chi connectivity index (χ0n) is 9.23. The van der Waals surface area contributed by atoms with Crippen LogP contribution in [-0.4, -0.2) is 26.7 Å². The van der Waals surface area contributed by atoms with Crippen LogP contribution in [-0.2, 0) is 10.0 Å². The summed E-state index contributed by atoms with van der Waals surface area (Å²) in [6.07, 6.45) is 0.451. The van der Waals surface area contributed by atoms with Gasteiger partial charge in [0.25, 0.3) is 0 Å². The number of halogens is 1. The number of hydrogen-bond donors (Lipinski definition) is 1. The summed E-state index contributed by atoms with van der Waals surface area (Å²) in [5.74, 6) is 1.14. The van der Waals surface area contributed by atoms with Gasteiger partial charge in [-0.3, -0.25) is 0 Å². The van der Waals surface area contributed by atoms with Crippen LogP contribution in [0, 0.1) is 0 Å². The minimum atomic E-state index is -3.28. The average molecular weight is 276 g/mol. The zero-order valence-corrected chi connectivity index (χ0v) is 10.8. The van der Waals surface area contributed by atoms with E-state index in [4.69, 9.17) is 16.3 Å². The fraction of sp³-hybridized carbons (Fsp3) is 0.455. The number of para-hydroxylation sites is 1. The number of rotatable bonds is 5. The maximum atomic E-state index is 11.7. The second kappa shape index (κ2) is 5.25. The third kappa shape index (κ3) is 3.12. The van der Waals surface area contributed by atoms with E-state index in [9.17, 15) is 8.42 Å². The Bertz CT molecular complexity index is 489. The number of hydrogen-bond acceptors (Lipinski definition) is 3. The Labute approximate surface area is 106 Å². The smallest absolute Gasteiger partial charge is 0.212 e. The van der Waals surface area contributed by atoms with Crippen molar-refractivity contribution in [1.82, 2.24) is 4.72 Å². The van der Waals surface area contributed by atoms with Gasteiger partial charge in [-0.05, 0) is 12.5 Å². The summed E-state index contributed by atoms with van der Waals surface area (Å²) in [6, 6.07) is 7.16. The summed E-state index contributed by atoms with van der Waals surface area (Å²) in [4.78, 5) is 0. The molecule has 1 unspecified atom stereocenters. The molecule has 0 bridgehead atoms. The van der Waals surface area contributed by atoms with Gasteiger partial charge in [-0.25, -0.2) is 13.1 Å². The molecule has 1 aromatic rings. The van der Waals surface area contributed by atoms with Gasteiger partial charge in [-0.2, -0.15) is 0 Å². The molecule has 1 aliphatic rings. The predicted molar refractivity (Wildman–Crippen MR) is 66.9 cm³/mol. The van der Waals surface area contributed by atoms with Gasteiger partial charge < -0.3 is 4.74 Å². The van der Waals surface area contributed by atoms with Gasteiger partial charge in [0.05, 0.1) is 11.8 Å². The molecule has 0 amide bonds. The van der Waals surface area contributed by atoms with Gasteiger partial charge in [-0.1, -0.05) is 18.2 Å².